The molecule has 0 aromatic heterocycles. The highest BCUT2D eigenvalue weighted by atomic mass is 32.2. The average molecular weight is 421 g/mol. The summed E-state index contributed by atoms with van der Waals surface area (Å²) in [5.74, 6) is -0.0172. The van der Waals surface area contributed by atoms with E-state index in [0.717, 1.165) is 27.6 Å². The van der Waals surface area contributed by atoms with Gasteiger partial charge in [-0.2, -0.15) is 0 Å². The van der Waals surface area contributed by atoms with Gasteiger partial charge in [-0.05, 0) is 51.9 Å². The number of hydrogen-bond acceptors (Lipinski definition) is 3. The van der Waals surface area contributed by atoms with Gasteiger partial charge in [0.2, 0.25) is 0 Å². The van der Waals surface area contributed by atoms with Crippen LogP contribution in [0.3, 0.4) is 0 Å². The number of fused-ring (bicyclic) bond motifs is 1. The molecule has 0 unspecified atom stereocenters. The highest BCUT2D eigenvalue weighted by Gasteiger charge is 2.33. The molecular formula is C27H20N2OS. The van der Waals surface area contributed by atoms with Gasteiger partial charge in [0.25, 0.3) is 5.91 Å². The van der Waals surface area contributed by atoms with E-state index in [0.29, 0.717) is 16.6 Å². The van der Waals surface area contributed by atoms with Crippen LogP contribution in [0.15, 0.2) is 113 Å². The fourth-order valence-corrected chi connectivity index (χ4v) is 4.62. The van der Waals surface area contributed by atoms with Crippen molar-refractivity contribution in [2.75, 3.05) is 0 Å². The van der Waals surface area contributed by atoms with Gasteiger partial charge in [0, 0.05) is 0 Å². The first kappa shape index (κ1) is 19.3. The van der Waals surface area contributed by atoms with Crippen LogP contribution in [-0.4, -0.2) is 16.0 Å². The molecule has 0 spiro atoms. The van der Waals surface area contributed by atoms with Crippen molar-refractivity contribution in [2.45, 2.75) is 6.54 Å². The van der Waals surface area contributed by atoms with Crippen molar-refractivity contribution in [1.82, 2.24) is 4.90 Å². The predicted octanol–water partition coefficient (Wildman–Crippen LogP) is 6.64. The van der Waals surface area contributed by atoms with Gasteiger partial charge >= 0.3 is 0 Å². The van der Waals surface area contributed by atoms with Gasteiger partial charge in [-0.3, -0.25) is 9.69 Å². The predicted molar refractivity (Wildman–Crippen MR) is 130 cm³/mol. The highest BCUT2D eigenvalue weighted by Crippen LogP contribution is 2.36. The second-order valence-corrected chi connectivity index (χ2v) is 8.29. The maximum Gasteiger partial charge on any atom is 0.267 e. The monoisotopic (exact) mass is 420 g/mol. The number of hydrogen-bond donors (Lipinski definition) is 0. The summed E-state index contributed by atoms with van der Waals surface area (Å²) in [5, 5.41) is 2.99. The molecule has 4 aromatic carbocycles. The first-order valence-corrected chi connectivity index (χ1v) is 11.0. The number of para-hydroxylation sites is 1. The lowest BCUT2D eigenvalue weighted by atomic mass is 10.0. The first-order chi connectivity index (χ1) is 15.3. The lowest BCUT2D eigenvalue weighted by molar-refractivity contribution is -0.122. The van der Waals surface area contributed by atoms with Gasteiger partial charge < -0.3 is 0 Å². The summed E-state index contributed by atoms with van der Waals surface area (Å²) in [6.07, 6.45) is 1.99. The molecular weight excluding hydrogens is 400 g/mol. The van der Waals surface area contributed by atoms with Crippen LogP contribution < -0.4 is 0 Å². The van der Waals surface area contributed by atoms with E-state index in [1.165, 1.54) is 11.8 Å². The van der Waals surface area contributed by atoms with Crippen molar-refractivity contribution in [2.24, 2.45) is 4.99 Å². The molecule has 4 aromatic rings. The molecule has 5 rings (SSSR count). The number of amidine groups is 1. The van der Waals surface area contributed by atoms with Crippen LogP contribution in [0.4, 0.5) is 5.69 Å². The molecule has 0 bridgehead atoms. The van der Waals surface area contributed by atoms with E-state index in [2.05, 4.69) is 24.3 Å². The summed E-state index contributed by atoms with van der Waals surface area (Å²) < 4.78 is 0. The number of rotatable bonds is 4. The van der Waals surface area contributed by atoms with Crippen LogP contribution in [0.25, 0.3) is 16.8 Å². The molecule has 3 nitrogen and oxygen atoms in total. The minimum Gasteiger partial charge on any atom is -0.282 e. The standard InChI is InChI=1S/C27H20N2OS/c30-26-25(18-22-14-9-13-21-12-7-8-17-24(21)22)31-27(28-23-15-5-2-6-16-23)29(26)19-20-10-3-1-4-11-20/h1-18H,19H2/b25-18+,28-27?. The zero-order chi connectivity index (χ0) is 21.0. The Kier molecular flexibility index (Phi) is 5.38. The molecule has 31 heavy (non-hydrogen) atoms. The van der Waals surface area contributed by atoms with Gasteiger partial charge in [-0.15, -0.1) is 0 Å². The number of aliphatic imine (C=N–C) groups is 1. The minimum atomic E-state index is -0.0172. The summed E-state index contributed by atoms with van der Waals surface area (Å²) in [4.78, 5) is 20.6. The van der Waals surface area contributed by atoms with Gasteiger partial charge in [0.05, 0.1) is 17.1 Å². The minimum absolute atomic E-state index is 0.0172. The highest BCUT2D eigenvalue weighted by molar-refractivity contribution is 8.18. The van der Waals surface area contributed by atoms with E-state index >= 15 is 0 Å². The molecule has 0 atom stereocenters. The molecule has 1 aliphatic rings. The summed E-state index contributed by atoms with van der Waals surface area (Å²) in [6.45, 7) is 0.491. The number of carbonyl (C=O) groups excluding carboxylic acids is 1. The molecule has 0 saturated carbocycles. The molecule has 1 heterocycles. The third kappa shape index (κ3) is 4.16. The van der Waals surface area contributed by atoms with E-state index < -0.39 is 0 Å². The first-order valence-electron chi connectivity index (χ1n) is 10.1. The Balaban J connectivity index is 1.55. The second kappa shape index (κ2) is 8.62. The van der Waals surface area contributed by atoms with E-state index in [4.69, 9.17) is 4.99 Å². The van der Waals surface area contributed by atoms with E-state index in [9.17, 15) is 4.79 Å². The molecule has 0 N–H and O–H groups in total. The Bertz CT molecular complexity index is 1290. The Labute approximate surface area is 185 Å². The van der Waals surface area contributed by atoms with Crippen LogP contribution >= 0.6 is 11.8 Å². The number of nitrogens with zero attached hydrogens (tertiary/aromatic N) is 2. The molecule has 1 amide bonds. The third-order valence-electron chi connectivity index (χ3n) is 5.16. The van der Waals surface area contributed by atoms with E-state index in [1.807, 2.05) is 84.9 Å². The fraction of sp³-hybridized carbons (Fsp3) is 0.0370. The fourth-order valence-electron chi connectivity index (χ4n) is 3.63. The molecule has 0 radical (unpaired) electrons. The van der Waals surface area contributed by atoms with Crippen LogP contribution in [0.5, 0.6) is 0 Å². The van der Waals surface area contributed by atoms with Crippen LogP contribution in [-0.2, 0) is 11.3 Å². The third-order valence-corrected chi connectivity index (χ3v) is 6.17. The lowest BCUT2D eigenvalue weighted by Gasteiger charge is -2.15. The molecule has 4 heteroatoms. The zero-order valence-corrected chi connectivity index (χ0v) is 17.6. The largest absolute Gasteiger partial charge is 0.282 e. The van der Waals surface area contributed by atoms with Crippen LogP contribution in [0.2, 0.25) is 0 Å². The Morgan fingerprint density at radius 3 is 2.26 bits per heavy atom. The van der Waals surface area contributed by atoms with Crippen molar-refractivity contribution in [3.63, 3.8) is 0 Å². The number of benzene rings is 4. The molecule has 150 valence electrons. The topological polar surface area (TPSA) is 32.7 Å². The zero-order valence-electron chi connectivity index (χ0n) is 16.8. The number of amides is 1. The van der Waals surface area contributed by atoms with Gasteiger partial charge in [-0.25, -0.2) is 4.99 Å². The summed E-state index contributed by atoms with van der Waals surface area (Å²) in [5.41, 5.74) is 2.94. The lowest BCUT2D eigenvalue weighted by Crippen LogP contribution is -2.28. The second-order valence-electron chi connectivity index (χ2n) is 7.29. The van der Waals surface area contributed by atoms with Gasteiger partial charge in [0.15, 0.2) is 5.17 Å². The Morgan fingerprint density at radius 2 is 1.45 bits per heavy atom. The maximum absolute atomic E-state index is 13.4. The van der Waals surface area contributed by atoms with Crippen molar-refractivity contribution in [1.29, 1.82) is 0 Å². The summed E-state index contributed by atoms with van der Waals surface area (Å²) >= 11 is 1.43. The molecule has 1 fully saturated rings. The van der Waals surface area contributed by atoms with Crippen molar-refractivity contribution < 1.29 is 4.79 Å². The van der Waals surface area contributed by atoms with Crippen LogP contribution in [0, 0.1) is 0 Å². The summed E-state index contributed by atoms with van der Waals surface area (Å²) in [6, 6.07) is 34.2. The van der Waals surface area contributed by atoms with Crippen LogP contribution in [0.1, 0.15) is 11.1 Å². The molecule has 1 saturated heterocycles. The summed E-state index contributed by atoms with van der Waals surface area (Å²) in [7, 11) is 0. The van der Waals surface area contributed by atoms with Gasteiger partial charge in [-0.1, -0.05) is 91.0 Å². The van der Waals surface area contributed by atoms with Gasteiger partial charge in [0.1, 0.15) is 0 Å². The Morgan fingerprint density at radius 1 is 0.774 bits per heavy atom. The molecule has 0 aliphatic carbocycles. The number of carbonyl (C=O) groups is 1. The quantitative estimate of drug-likeness (QED) is 0.347. The SMILES string of the molecule is O=C1/C(=C\c2cccc3ccccc23)SC(=Nc2ccccc2)N1Cc1ccccc1. The smallest absolute Gasteiger partial charge is 0.267 e. The van der Waals surface area contributed by atoms with Crippen molar-refractivity contribution >= 4 is 45.4 Å². The van der Waals surface area contributed by atoms with Crippen molar-refractivity contribution in [3.8, 4) is 0 Å². The Hall–Kier alpha value is -3.63. The molecule has 1 aliphatic heterocycles. The maximum atomic E-state index is 13.4. The average Bonchev–Trinajstić information content (AvgIpc) is 3.09. The number of thioether (sulfide) groups is 1. The van der Waals surface area contributed by atoms with Crippen molar-refractivity contribution in [3.05, 3.63) is 119 Å². The normalized spacial score (nSPS) is 16.5. The van der Waals surface area contributed by atoms with E-state index in [-0.39, 0.29) is 5.91 Å². The van der Waals surface area contributed by atoms with E-state index in [1.54, 1.807) is 4.90 Å².